The van der Waals surface area contributed by atoms with Crippen molar-refractivity contribution in [3.05, 3.63) is 101 Å². The van der Waals surface area contributed by atoms with Gasteiger partial charge in [0.05, 0.1) is 16.5 Å². The monoisotopic (exact) mass is 530 g/mol. The van der Waals surface area contributed by atoms with Crippen molar-refractivity contribution in [3.63, 3.8) is 0 Å². The smallest absolute Gasteiger partial charge is 0.264 e. The number of sulfonamides is 1. The summed E-state index contributed by atoms with van der Waals surface area (Å²) in [6, 6.07) is 22.2. The summed E-state index contributed by atoms with van der Waals surface area (Å²) in [7, 11) is -4.12. The quantitative estimate of drug-likeness (QED) is 0.390. The lowest BCUT2D eigenvalue weighted by Crippen LogP contribution is -2.41. The maximum absolute atomic E-state index is 13.2. The topological polar surface area (TPSA) is 122 Å². The van der Waals surface area contributed by atoms with Gasteiger partial charge in [0, 0.05) is 29.3 Å². The van der Waals surface area contributed by atoms with E-state index in [1.165, 1.54) is 6.07 Å². The number of hydrazine groups is 1. The SMILES string of the molecule is CCN1NC(C2CC2)=C(C(N)=O)C1Cc1ccc(-c2ccccc2S(=O)(=O)NC(=O)c2ccccc2)cc1. The molecule has 1 fully saturated rings. The molecule has 1 aliphatic heterocycles. The highest BCUT2D eigenvalue weighted by molar-refractivity contribution is 7.90. The van der Waals surface area contributed by atoms with Crippen molar-refractivity contribution in [1.82, 2.24) is 15.2 Å². The Labute approximate surface area is 222 Å². The normalized spacial score (nSPS) is 17.8. The van der Waals surface area contributed by atoms with Crippen LogP contribution in [-0.4, -0.2) is 37.8 Å². The van der Waals surface area contributed by atoms with Gasteiger partial charge in [-0.3, -0.25) is 9.59 Å². The second kappa shape index (κ2) is 10.4. The Balaban J connectivity index is 1.39. The van der Waals surface area contributed by atoms with Crippen LogP contribution >= 0.6 is 0 Å². The Morgan fingerprint density at radius 3 is 2.26 bits per heavy atom. The molecule has 9 heteroatoms. The third kappa shape index (κ3) is 5.20. The van der Waals surface area contributed by atoms with E-state index in [2.05, 4.69) is 15.2 Å². The molecule has 0 saturated heterocycles. The zero-order valence-electron chi connectivity index (χ0n) is 21.1. The van der Waals surface area contributed by atoms with Crippen molar-refractivity contribution in [3.8, 4) is 11.1 Å². The molecule has 1 saturated carbocycles. The maximum Gasteiger partial charge on any atom is 0.264 e. The first-order valence-corrected chi connectivity index (χ1v) is 14.1. The van der Waals surface area contributed by atoms with Crippen molar-refractivity contribution in [2.75, 3.05) is 6.54 Å². The summed E-state index contributed by atoms with van der Waals surface area (Å²) >= 11 is 0. The third-order valence-electron chi connectivity index (χ3n) is 6.99. The standard InChI is InChI=1S/C29H30N4O4S/c1-2-33-24(26(28(30)34)27(31-33)21-16-17-21)18-19-12-14-20(15-13-19)23-10-6-7-11-25(23)38(36,37)32-29(35)22-8-4-3-5-9-22/h3-15,21,24,31H,2,16-18H2,1H3,(H2,30,34)(H,32,35). The number of rotatable bonds is 9. The lowest BCUT2D eigenvalue weighted by atomic mass is 9.95. The van der Waals surface area contributed by atoms with Gasteiger partial charge in [0.2, 0.25) is 5.91 Å². The summed E-state index contributed by atoms with van der Waals surface area (Å²) in [6.07, 6.45) is 2.71. The molecule has 38 heavy (non-hydrogen) atoms. The number of nitrogens with two attached hydrogens (primary N) is 1. The summed E-state index contributed by atoms with van der Waals surface area (Å²) in [5, 5.41) is 2.05. The Kier molecular flexibility index (Phi) is 7.05. The number of benzene rings is 3. The van der Waals surface area contributed by atoms with Crippen molar-refractivity contribution in [2.24, 2.45) is 11.7 Å². The molecule has 0 aromatic heterocycles. The molecular weight excluding hydrogens is 500 g/mol. The van der Waals surface area contributed by atoms with Gasteiger partial charge in [-0.1, -0.05) is 67.6 Å². The number of nitrogens with zero attached hydrogens (tertiary/aromatic N) is 1. The van der Waals surface area contributed by atoms with Crippen LogP contribution in [0.4, 0.5) is 0 Å². The maximum atomic E-state index is 13.2. The summed E-state index contributed by atoms with van der Waals surface area (Å²) in [6.45, 7) is 2.75. The molecule has 196 valence electrons. The fraction of sp³-hybridized carbons (Fsp3) is 0.241. The van der Waals surface area contributed by atoms with E-state index >= 15 is 0 Å². The van der Waals surface area contributed by atoms with Crippen LogP contribution in [0.5, 0.6) is 0 Å². The van der Waals surface area contributed by atoms with Crippen LogP contribution in [0.2, 0.25) is 0 Å². The summed E-state index contributed by atoms with van der Waals surface area (Å²) in [4.78, 5) is 24.9. The van der Waals surface area contributed by atoms with Gasteiger partial charge in [0.15, 0.2) is 0 Å². The zero-order chi connectivity index (χ0) is 26.9. The van der Waals surface area contributed by atoms with Gasteiger partial charge in [-0.05, 0) is 48.6 Å². The first kappa shape index (κ1) is 25.7. The number of likely N-dealkylation sites (N-methyl/N-ethyl adjacent to an activating group) is 1. The van der Waals surface area contributed by atoms with E-state index in [4.69, 9.17) is 5.73 Å². The molecule has 8 nitrogen and oxygen atoms in total. The molecule has 3 aromatic carbocycles. The number of hydrogen-bond acceptors (Lipinski definition) is 6. The first-order chi connectivity index (χ1) is 18.3. The highest BCUT2D eigenvalue weighted by Gasteiger charge is 2.41. The lowest BCUT2D eigenvalue weighted by Gasteiger charge is -2.25. The molecule has 2 amide bonds. The molecule has 1 heterocycles. The number of carbonyl (C=O) groups is 2. The summed E-state index contributed by atoms with van der Waals surface area (Å²) < 4.78 is 28.5. The van der Waals surface area contributed by atoms with Gasteiger partial charge in [-0.2, -0.15) is 0 Å². The highest BCUT2D eigenvalue weighted by Crippen LogP contribution is 2.41. The van der Waals surface area contributed by atoms with Crippen LogP contribution in [0, 0.1) is 5.92 Å². The van der Waals surface area contributed by atoms with Crippen LogP contribution in [0.3, 0.4) is 0 Å². The largest absolute Gasteiger partial charge is 0.366 e. The molecular formula is C29H30N4O4S. The van der Waals surface area contributed by atoms with E-state index < -0.39 is 21.8 Å². The van der Waals surface area contributed by atoms with Crippen LogP contribution in [0.1, 0.15) is 35.7 Å². The van der Waals surface area contributed by atoms with Crippen molar-refractivity contribution < 1.29 is 18.0 Å². The summed E-state index contributed by atoms with van der Waals surface area (Å²) in [5.41, 5.74) is 13.2. The second-order valence-corrected chi connectivity index (χ2v) is 11.2. The van der Waals surface area contributed by atoms with Gasteiger partial charge in [0.25, 0.3) is 15.9 Å². The Hall–Kier alpha value is -3.95. The van der Waals surface area contributed by atoms with E-state index in [0.717, 1.165) is 30.6 Å². The molecule has 1 aliphatic carbocycles. The Bertz CT molecular complexity index is 1500. The average molecular weight is 531 g/mol. The fourth-order valence-corrected chi connectivity index (χ4v) is 6.13. The Morgan fingerprint density at radius 2 is 1.63 bits per heavy atom. The summed E-state index contributed by atoms with van der Waals surface area (Å²) in [5.74, 6) is -0.710. The van der Waals surface area contributed by atoms with Gasteiger partial charge in [-0.25, -0.2) is 18.1 Å². The molecule has 4 N–H and O–H groups in total. The van der Waals surface area contributed by atoms with E-state index in [9.17, 15) is 18.0 Å². The van der Waals surface area contributed by atoms with Gasteiger partial charge in [0.1, 0.15) is 0 Å². The number of carbonyl (C=O) groups excluding carboxylic acids is 2. The minimum absolute atomic E-state index is 0.0159. The molecule has 1 atom stereocenters. The molecule has 3 aromatic rings. The highest BCUT2D eigenvalue weighted by atomic mass is 32.2. The van der Waals surface area contributed by atoms with Gasteiger partial charge in [-0.15, -0.1) is 0 Å². The molecule has 0 radical (unpaired) electrons. The molecule has 1 unspecified atom stereocenters. The minimum atomic E-state index is -4.12. The first-order valence-electron chi connectivity index (χ1n) is 12.7. The third-order valence-corrected chi connectivity index (χ3v) is 8.38. The number of amides is 2. The minimum Gasteiger partial charge on any atom is -0.366 e. The molecule has 5 rings (SSSR count). The molecule has 2 aliphatic rings. The van der Waals surface area contributed by atoms with Gasteiger partial charge >= 0.3 is 0 Å². The second-order valence-electron chi connectivity index (χ2n) is 9.58. The van der Waals surface area contributed by atoms with Crippen molar-refractivity contribution in [2.45, 2.75) is 37.1 Å². The zero-order valence-corrected chi connectivity index (χ0v) is 21.9. The predicted molar refractivity (Wildman–Crippen MR) is 145 cm³/mol. The van der Waals surface area contributed by atoms with E-state index in [1.807, 2.05) is 31.2 Å². The van der Waals surface area contributed by atoms with Crippen LogP contribution in [0.15, 0.2) is 95.0 Å². The number of hydrogen-bond donors (Lipinski definition) is 3. The van der Waals surface area contributed by atoms with Crippen molar-refractivity contribution in [1.29, 1.82) is 0 Å². The lowest BCUT2D eigenvalue weighted by molar-refractivity contribution is -0.115. The average Bonchev–Trinajstić information content (AvgIpc) is 3.70. The van der Waals surface area contributed by atoms with E-state index in [1.54, 1.807) is 48.5 Å². The van der Waals surface area contributed by atoms with Crippen LogP contribution < -0.4 is 15.9 Å². The molecule has 0 bridgehead atoms. The van der Waals surface area contributed by atoms with Gasteiger partial charge < -0.3 is 11.2 Å². The van der Waals surface area contributed by atoms with E-state index in [-0.39, 0.29) is 16.5 Å². The molecule has 0 spiro atoms. The van der Waals surface area contributed by atoms with Crippen molar-refractivity contribution >= 4 is 21.8 Å². The predicted octanol–water partition coefficient (Wildman–Crippen LogP) is 3.37. The number of allylic oxidation sites excluding steroid dienone is 1. The number of primary amides is 1. The van der Waals surface area contributed by atoms with Crippen LogP contribution in [0.25, 0.3) is 11.1 Å². The number of nitrogens with one attached hydrogen (secondary N) is 2. The fourth-order valence-electron chi connectivity index (χ4n) is 4.93. The van der Waals surface area contributed by atoms with E-state index in [0.29, 0.717) is 29.0 Å². The van der Waals surface area contributed by atoms with Crippen LogP contribution in [-0.2, 0) is 21.2 Å². The Morgan fingerprint density at radius 1 is 0.974 bits per heavy atom.